The van der Waals surface area contributed by atoms with Gasteiger partial charge in [-0.25, -0.2) is 9.59 Å². The number of hydrogen-bond acceptors (Lipinski definition) is 10. The zero-order chi connectivity index (χ0) is 33.4. The van der Waals surface area contributed by atoms with Crippen LogP contribution >= 0.6 is 0 Å². The van der Waals surface area contributed by atoms with E-state index in [0.717, 1.165) is 12.2 Å². The van der Waals surface area contributed by atoms with E-state index < -0.39 is 49.4 Å². The lowest BCUT2D eigenvalue weighted by molar-refractivity contribution is -0.132. The molecule has 2 aromatic carbocycles. The van der Waals surface area contributed by atoms with Crippen molar-refractivity contribution in [3.63, 3.8) is 0 Å². The minimum absolute atomic E-state index is 0.661. The van der Waals surface area contributed by atoms with E-state index in [-0.39, 0.29) is 0 Å². The Kier molecular flexibility index (Phi) is 15.7. The number of carbonyl (C=O) groups is 4. The third kappa shape index (κ3) is 21.0. The Bertz CT molecular complexity index is 1190. The van der Waals surface area contributed by atoms with Crippen LogP contribution < -0.4 is 31.8 Å². The topological polar surface area (TPSA) is 250 Å². The standard InChI is InChI=1S/C18H30N2O4Si3.2C4H5NO3/c1-25(2,21-17-11-7-9-15(19)13-17)23-27(5,6)24-26(3,4)22-18-12-8-10-16(20)14-18;2*5-3(6)1-2-4(7)8/h7-14H,19-20H2,1-6H3;2*1-2H,(H2,5,6)(H,7,8)/b;2*2-1-. The Morgan fingerprint density at radius 2 is 0.930 bits per heavy atom. The molecule has 2 amide bonds. The number of benzene rings is 2. The van der Waals surface area contributed by atoms with Crippen LogP contribution in [-0.4, -0.2) is 59.6 Å². The van der Waals surface area contributed by atoms with Crippen molar-refractivity contribution in [3.8, 4) is 11.5 Å². The van der Waals surface area contributed by atoms with Crippen LogP contribution in [0, 0.1) is 0 Å². The molecule has 0 aliphatic carbocycles. The lowest BCUT2D eigenvalue weighted by atomic mass is 10.3. The van der Waals surface area contributed by atoms with Gasteiger partial charge in [-0.05, 0) is 63.5 Å². The first-order chi connectivity index (χ1) is 19.6. The molecule has 14 nitrogen and oxygen atoms in total. The lowest BCUT2D eigenvalue weighted by Crippen LogP contribution is -2.56. The third-order valence-corrected chi connectivity index (χ3v) is 13.5. The Morgan fingerprint density at radius 1 is 0.605 bits per heavy atom. The maximum atomic E-state index is 9.78. The minimum atomic E-state index is -2.50. The average molecular weight is 653 g/mol. The first kappa shape index (κ1) is 38.6. The highest BCUT2D eigenvalue weighted by atomic mass is 28.5. The number of hydrogen-bond donors (Lipinski definition) is 6. The van der Waals surface area contributed by atoms with Gasteiger partial charge >= 0.3 is 37.6 Å². The Labute approximate surface area is 253 Å². The highest BCUT2D eigenvalue weighted by Gasteiger charge is 2.43. The molecule has 0 aliphatic rings. The zero-order valence-corrected chi connectivity index (χ0v) is 27.9. The van der Waals surface area contributed by atoms with E-state index >= 15 is 0 Å². The Balaban J connectivity index is 0.000000903. The number of nitrogens with two attached hydrogens (primary N) is 4. The number of carbonyl (C=O) groups excluding carboxylic acids is 2. The van der Waals surface area contributed by atoms with Gasteiger partial charge in [-0.15, -0.1) is 0 Å². The first-order valence-electron chi connectivity index (χ1n) is 12.5. The van der Waals surface area contributed by atoms with Crippen molar-refractivity contribution in [3.05, 3.63) is 72.8 Å². The van der Waals surface area contributed by atoms with Crippen LogP contribution in [0.5, 0.6) is 11.5 Å². The van der Waals surface area contributed by atoms with E-state index in [1.165, 1.54) is 0 Å². The van der Waals surface area contributed by atoms with Gasteiger partial charge in [0.1, 0.15) is 11.5 Å². The van der Waals surface area contributed by atoms with Crippen LogP contribution in [0.15, 0.2) is 72.8 Å². The molecule has 0 saturated carbocycles. The molecule has 0 radical (unpaired) electrons. The zero-order valence-electron chi connectivity index (χ0n) is 24.9. The van der Waals surface area contributed by atoms with E-state index in [0.29, 0.717) is 35.0 Å². The fraction of sp³-hybridized carbons (Fsp3) is 0.231. The van der Waals surface area contributed by atoms with Crippen LogP contribution in [0.3, 0.4) is 0 Å². The summed E-state index contributed by atoms with van der Waals surface area (Å²) >= 11 is 0. The summed E-state index contributed by atoms with van der Waals surface area (Å²) in [4.78, 5) is 38.8. The molecule has 0 fully saturated rings. The van der Waals surface area contributed by atoms with Crippen LogP contribution in [-0.2, 0) is 27.4 Å². The number of anilines is 2. The van der Waals surface area contributed by atoms with Crippen molar-refractivity contribution in [2.45, 2.75) is 39.3 Å². The highest BCUT2D eigenvalue weighted by Crippen LogP contribution is 2.26. The van der Waals surface area contributed by atoms with Gasteiger partial charge < -0.3 is 50.2 Å². The van der Waals surface area contributed by atoms with E-state index in [1.807, 2.05) is 75.7 Å². The summed E-state index contributed by atoms with van der Waals surface area (Å²) in [5.41, 5.74) is 22.1. The quantitative estimate of drug-likeness (QED) is 0.110. The summed E-state index contributed by atoms with van der Waals surface area (Å²) in [5.74, 6) is -2.44. The van der Waals surface area contributed by atoms with Crippen molar-refractivity contribution in [2.24, 2.45) is 11.5 Å². The fourth-order valence-corrected chi connectivity index (χ4v) is 15.0. The number of nitrogen functional groups attached to an aromatic ring is 2. The number of carboxylic acids is 2. The van der Waals surface area contributed by atoms with Gasteiger partial charge in [-0.1, -0.05) is 12.1 Å². The molecule has 43 heavy (non-hydrogen) atoms. The molecule has 0 aromatic heterocycles. The molecule has 0 heterocycles. The summed E-state index contributed by atoms with van der Waals surface area (Å²) < 4.78 is 25.0. The summed E-state index contributed by atoms with van der Waals surface area (Å²) in [5, 5.41) is 15.7. The largest absolute Gasteiger partial charge is 0.521 e. The van der Waals surface area contributed by atoms with Crippen LogP contribution in [0.25, 0.3) is 0 Å². The Morgan fingerprint density at radius 3 is 1.16 bits per heavy atom. The van der Waals surface area contributed by atoms with Crippen LogP contribution in [0.2, 0.25) is 39.3 Å². The number of aliphatic carboxylic acids is 2. The molecule has 17 heteroatoms. The van der Waals surface area contributed by atoms with E-state index in [1.54, 1.807) is 12.1 Å². The molecule has 0 atom stereocenters. The van der Waals surface area contributed by atoms with Gasteiger partial charge in [0.15, 0.2) is 0 Å². The molecule has 0 spiro atoms. The van der Waals surface area contributed by atoms with E-state index in [9.17, 15) is 19.2 Å². The van der Waals surface area contributed by atoms with Gasteiger partial charge in [0, 0.05) is 47.8 Å². The fourth-order valence-electron chi connectivity index (χ4n) is 3.28. The molecule has 236 valence electrons. The third-order valence-electron chi connectivity index (χ3n) is 4.21. The second-order valence-electron chi connectivity index (χ2n) is 9.90. The van der Waals surface area contributed by atoms with Gasteiger partial charge in [-0.2, -0.15) is 0 Å². The van der Waals surface area contributed by atoms with Gasteiger partial charge in [0.05, 0.1) is 0 Å². The summed E-state index contributed by atoms with van der Waals surface area (Å²) in [7, 11) is -7.45. The maximum Gasteiger partial charge on any atom is 0.383 e. The molecule has 0 bridgehead atoms. The van der Waals surface area contributed by atoms with Crippen LogP contribution in [0.1, 0.15) is 0 Å². The highest BCUT2D eigenvalue weighted by molar-refractivity contribution is 6.84. The number of amides is 2. The predicted octanol–water partition coefficient (Wildman–Crippen LogP) is 2.67. The number of carboxylic acid groups (broad SMARTS) is 2. The second-order valence-corrected chi connectivity index (χ2v) is 20.3. The van der Waals surface area contributed by atoms with Crippen molar-refractivity contribution < 1.29 is 46.5 Å². The molecule has 10 N–H and O–H groups in total. The van der Waals surface area contributed by atoms with Crippen molar-refractivity contribution in [1.29, 1.82) is 0 Å². The molecular weight excluding hydrogens is 613 g/mol. The van der Waals surface area contributed by atoms with Crippen LogP contribution in [0.4, 0.5) is 11.4 Å². The van der Waals surface area contributed by atoms with Gasteiger partial charge in [0.2, 0.25) is 11.8 Å². The smallest absolute Gasteiger partial charge is 0.383 e. The monoisotopic (exact) mass is 652 g/mol. The Hall–Kier alpha value is -4.43. The molecule has 0 saturated heterocycles. The average Bonchev–Trinajstić information content (AvgIpc) is 2.80. The van der Waals surface area contributed by atoms with Crippen molar-refractivity contribution in [2.75, 3.05) is 11.5 Å². The number of rotatable bonds is 12. The van der Waals surface area contributed by atoms with Gasteiger partial charge in [0.25, 0.3) is 0 Å². The van der Waals surface area contributed by atoms with E-state index in [4.69, 9.17) is 38.8 Å². The minimum Gasteiger partial charge on any atom is -0.521 e. The number of primary amides is 2. The van der Waals surface area contributed by atoms with E-state index in [2.05, 4.69) is 11.5 Å². The van der Waals surface area contributed by atoms with Crippen molar-refractivity contribution in [1.82, 2.24) is 0 Å². The lowest BCUT2D eigenvalue weighted by Gasteiger charge is -2.37. The second kappa shape index (κ2) is 17.5. The van der Waals surface area contributed by atoms with Gasteiger partial charge in [-0.3, -0.25) is 9.59 Å². The van der Waals surface area contributed by atoms with Crippen molar-refractivity contribution >= 4 is 60.8 Å². The summed E-state index contributed by atoms with van der Waals surface area (Å²) in [6, 6.07) is 14.7. The SMILES string of the molecule is C[Si](C)(Oc1cccc(N)c1)O[Si](C)(C)O[Si](C)(C)Oc1cccc(N)c1.NC(=O)/C=C\C(=O)O.NC(=O)/C=C\C(=O)O. The molecular formula is C26H40N4O10Si3. The molecule has 2 aromatic rings. The first-order valence-corrected chi connectivity index (χ1v) is 21.0. The molecule has 2 rings (SSSR count). The summed E-state index contributed by atoms with van der Waals surface area (Å²) in [6.45, 7) is 12.0. The predicted molar refractivity (Wildman–Crippen MR) is 170 cm³/mol. The maximum absolute atomic E-state index is 9.78. The summed E-state index contributed by atoms with van der Waals surface area (Å²) in [6.07, 6.45) is 2.93. The molecule has 0 unspecified atom stereocenters. The normalized spacial score (nSPS) is 11.5. The molecule has 0 aliphatic heterocycles.